The highest BCUT2D eigenvalue weighted by Gasteiger charge is 2.18. The zero-order chi connectivity index (χ0) is 21.3. The number of amides is 1. The highest BCUT2D eigenvalue weighted by atomic mass is 16.2. The van der Waals surface area contributed by atoms with E-state index in [9.17, 15) is 9.59 Å². The number of hydrogen-bond acceptors (Lipinski definition) is 4. The highest BCUT2D eigenvalue weighted by Crippen LogP contribution is 2.19. The summed E-state index contributed by atoms with van der Waals surface area (Å²) in [6, 6.07) is 17.0. The molecule has 0 saturated carbocycles. The summed E-state index contributed by atoms with van der Waals surface area (Å²) in [7, 11) is 1.74. The fourth-order valence-electron chi connectivity index (χ4n) is 3.53. The summed E-state index contributed by atoms with van der Waals surface area (Å²) >= 11 is 0. The number of aromatic nitrogens is 4. The Bertz CT molecular complexity index is 1270. The second kappa shape index (κ2) is 7.94. The van der Waals surface area contributed by atoms with Gasteiger partial charge < -0.3 is 4.90 Å². The maximum absolute atomic E-state index is 12.8. The average Bonchev–Trinajstić information content (AvgIpc) is 3.04. The van der Waals surface area contributed by atoms with Crippen molar-refractivity contribution in [3.05, 3.63) is 88.2 Å². The SMILES string of the molecule is Cc1nn(-c2ccccc2)c(C)c1CN(C)C(=O)Cn1cnc2ccccc2c1=O. The Hall–Kier alpha value is -3.74. The van der Waals surface area contributed by atoms with Crippen LogP contribution in [0.2, 0.25) is 0 Å². The van der Waals surface area contributed by atoms with Crippen LogP contribution >= 0.6 is 0 Å². The zero-order valence-corrected chi connectivity index (χ0v) is 17.2. The molecule has 0 radical (unpaired) electrons. The summed E-state index contributed by atoms with van der Waals surface area (Å²) in [6.07, 6.45) is 1.43. The molecular formula is C23H23N5O2. The maximum Gasteiger partial charge on any atom is 0.261 e. The van der Waals surface area contributed by atoms with Gasteiger partial charge in [-0.25, -0.2) is 9.67 Å². The topological polar surface area (TPSA) is 73.0 Å². The third-order valence-corrected chi connectivity index (χ3v) is 5.30. The van der Waals surface area contributed by atoms with Crippen LogP contribution in [-0.2, 0) is 17.9 Å². The van der Waals surface area contributed by atoms with Gasteiger partial charge >= 0.3 is 0 Å². The van der Waals surface area contributed by atoms with Crippen molar-refractivity contribution in [2.24, 2.45) is 0 Å². The Kier molecular flexibility index (Phi) is 5.18. The van der Waals surface area contributed by atoms with Crippen molar-refractivity contribution < 1.29 is 4.79 Å². The molecule has 2 aromatic heterocycles. The third-order valence-electron chi connectivity index (χ3n) is 5.30. The van der Waals surface area contributed by atoms with Gasteiger partial charge in [0.25, 0.3) is 5.56 Å². The Morgan fingerprint density at radius 3 is 2.50 bits per heavy atom. The molecule has 2 aromatic carbocycles. The number of likely N-dealkylation sites (N-methyl/N-ethyl adjacent to an activating group) is 1. The number of aryl methyl sites for hydroxylation is 1. The largest absolute Gasteiger partial charge is 0.340 e. The first kappa shape index (κ1) is 19.6. The number of hydrogen-bond donors (Lipinski definition) is 0. The van der Waals surface area contributed by atoms with Crippen LogP contribution in [0.3, 0.4) is 0 Å². The number of benzene rings is 2. The van der Waals surface area contributed by atoms with E-state index in [1.54, 1.807) is 30.1 Å². The molecule has 4 aromatic rings. The molecule has 4 rings (SSSR count). The molecule has 152 valence electrons. The summed E-state index contributed by atoms with van der Waals surface area (Å²) in [5.41, 5.74) is 4.25. The average molecular weight is 401 g/mol. The van der Waals surface area contributed by atoms with E-state index in [4.69, 9.17) is 0 Å². The summed E-state index contributed by atoms with van der Waals surface area (Å²) < 4.78 is 3.25. The van der Waals surface area contributed by atoms with E-state index in [1.807, 2.05) is 54.9 Å². The molecule has 0 fully saturated rings. The number of carbonyl (C=O) groups is 1. The van der Waals surface area contributed by atoms with Crippen LogP contribution in [0.1, 0.15) is 17.0 Å². The zero-order valence-electron chi connectivity index (χ0n) is 17.2. The molecule has 30 heavy (non-hydrogen) atoms. The van der Waals surface area contributed by atoms with Gasteiger partial charge in [-0.05, 0) is 38.1 Å². The van der Waals surface area contributed by atoms with E-state index >= 15 is 0 Å². The molecule has 0 unspecified atom stereocenters. The minimum Gasteiger partial charge on any atom is -0.340 e. The van der Waals surface area contributed by atoms with Gasteiger partial charge in [0.2, 0.25) is 5.91 Å². The summed E-state index contributed by atoms with van der Waals surface area (Å²) in [4.78, 5) is 31.4. The predicted molar refractivity (Wildman–Crippen MR) is 116 cm³/mol. The van der Waals surface area contributed by atoms with Crippen molar-refractivity contribution >= 4 is 16.8 Å². The van der Waals surface area contributed by atoms with Crippen LogP contribution in [0.25, 0.3) is 16.6 Å². The lowest BCUT2D eigenvalue weighted by Crippen LogP contribution is -2.34. The lowest BCUT2D eigenvalue weighted by molar-refractivity contribution is -0.131. The first-order chi connectivity index (χ1) is 14.5. The first-order valence-electron chi connectivity index (χ1n) is 9.74. The van der Waals surface area contributed by atoms with Crippen LogP contribution in [0.15, 0.2) is 65.7 Å². The van der Waals surface area contributed by atoms with E-state index in [2.05, 4.69) is 10.1 Å². The molecule has 0 aliphatic heterocycles. The second-order valence-corrected chi connectivity index (χ2v) is 7.34. The molecule has 0 N–H and O–H groups in total. The van der Waals surface area contributed by atoms with Crippen molar-refractivity contribution in [1.29, 1.82) is 0 Å². The summed E-state index contributed by atoms with van der Waals surface area (Å²) in [5.74, 6) is -0.166. The normalized spacial score (nSPS) is 11.0. The minimum absolute atomic E-state index is 0.0575. The quantitative estimate of drug-likeness (QED) is 0.515. The Morgan fingerprint density at radius 2 is 1.73 bits per heavy atom. The fraction of sp³-hybridized carbons (Fsp3) is 0.217. The number of nitrogens with zero attached hydrogens (tertiary/aromatic N) is 5. The molecular weight excluding hydrogens is 378 g/mol. The van der Waals surface area contributed by atoms with Gasteiger partial charge in [-0.1, -0.05) is 30.3 Å². The monoisotopic (exact) mass is 401 g/mol. The maximum atomic E-state index is 12.8. The van der Waals surface area contributed by atoms with E-state index in [0.717, 1.165) is 22.6 Å². The second-order valence-electron chi connectivity index (χ2n) is 7.34. The molecule has 0 aliphatic carbocycles. The molecule has 0 saturated heterocycles. The number of para-hydroxylation sites is 2. The van der Waals surface area contributed by atoms with E-state index < -0.39 is 0 Å². The van der Waals surface area contributed by atoms with Gasteiger partial charge in [0.15, 0.2) is 0 Å². The minimum atomic E-state index is -0.216. The van der Waals surface area contributed by atoms with Crippen molar-refractivity contribution in [2.45, 2.75) is 26.9 Å². The van der Waals surface area contributed by atoms with Crippen LogP contribution in [-0.4, -0.2) is 37.2 Å². The highest BCUT2D eigenvalue weighted by molar-refractivity contribution is 5.78. The number of carbonyl (C=O) groups excluding carboxylic acids is 1. The predicted octanol–water partition coefficient (Wildman–Crippen LogP) is 2.86. The lowest BCUT2D eigenvalue weighted by atomic mass is 10.2. The van der Waals surface area contributed by atoms with E-state index in [-0.39, 0.29) is 18.0 Å². The Balaban J connectivity index is 1.54. The summed E-state index contributed by atoms with van der Waals surface area (Å²) in [5, 5.41) is 5.14. The molecule has 7 heteroatoms. The molecule has 7 nitrogen and oxygen atoms in total. The van der Waals surface area contributed by atoms with Crippen LogP contribution in [0.4, 0.5) is 0 Å². The molecule has 2 heterocycles. The summed E-state index contributed by atoms with van der Waals surface area (Å²) in [6.45, 7) is 4.30. The Labute approximate surface area is 174 Å². The molecule has 0 spiro atoms. The number of rotatable bonds is 5. The van der Waals surface area contributed by atoms with Crippen LogP contribution < -0.4 is 5.56 Å². The van der Waals surface area contributed by atoms with E-state index in [0.29, 0.717) is 17.4 Å². The van der Waals surface area contributed by atoms with Gasteiger partial charge in [0.1, 0.15) is 6.54 Å². The third kappa shape index (κ3) is 3.61. The van der Waals surface area contributed by atoms with Gasteiger partial charge in [0.05, 0.1) is 28.6 Å². The van der Waals surface area contributed by atoms with Crippen molar-refractivity contribution in [3.63, 3.8) is 0 Å². The Morgan fingerprint density at radius 1 is 1.03 bits per heavy atom. The van der Waals surface area contributed by atoms with Crippen LogP contribution in [0, 0.1) is 13.8 Å². The van der Waals surface area contributed by atoms with Gasteiger partial charge in [-0.2, -0.15) is 5.10 Å². The van der Waals surface area contributed by atoms with Crippen molar-refractivity contribution in [2.75, 3.05) is 7.05 Å². The van der Waals surface area contributed by atoms with Crippen molar-refractivity contribution in [1.82, 2.24) is 24.2 Å². The van der Waals surface area contributed by atoms with Crippen molar-refractivity contribution in [3.8, 4) is 5.69 Å². The molecule has 1 amide bonds. The van der Waals surface area contributed by atoms with Gasteiger partial charge in [-0.15, -0.1) is 0 Å². The standard InChI is InChI=1S/C23H23N5O2/c1-16-20(17(2)28(25-16)18-9-5-4-6-10-18)13-26(3)22(29)14-27-15-24-21-12-8-7-11-19(21)23(27)30/h4-12,15H,13-14H2,1-3H3. The van der Waals surface area contributed by atoms with Crippen LogP contribution in [0.5, 0.6) is 0 Å². The number of fused-ring (bicyclic) bond motifs is 1. The first-order valence-corrected chi connectivity index (χ1v) is 9.74. The lowest BCUT2D eigenvalue weighted by Gasteiger charge is -2.18. The smallest absolute Gasteiger partial charge is 0.261 e. The molecule has 0 atom stereocenters. The molecule has 0 bridgehead atoms. The van der Waals surface area contributed by atoms with Gasteiger partial charge in [-0.3, -0.25) is 14.2 Å². The molecule has 0 aliphatic rings. The van der Waals surface area contributed by atoms with Gasteiger partial charge in [0, 0.05) is 24.8 Å². The fourth-order valence-corrected chi connectivity index (χ4v) is 3.53. The van der Waals surface area contributed by atoms with E-state index in [1.165, 1.54) is 10.9 Å².